The molecule has 0 saturated heterocycles. The predicted octanol–water partition coefficient (Wildman–Crippen LogP) is 0.303. The van der Waals surface area contributed by atoms with Crippen molar-refractivity contribution in [3.63, 3.8) is 0 Å². The van der Waals surface area contributed by atoms with Crippen LogP contribution in [-0.2, 0) is 14.3 Å². The van der Waals surface area contributed by atoms with E-state index in [9.17, 15) is 8.42 Å². The van der Waals surface area contributed by atoms with Crippen LogP contribution in [0.2, 0.25) is 0 Å². The van der Waals surface area contributed by atoms with E-state index in [2.05, 4.69) is 0 Å². The first-order chi connectivity index (χ1) is 5.35. The molecule has 0 rings (SSSR count). The molecule has 0 aromatic rings. The Labute approximate surface area is 74.6 Å². The van der Waals surface area contributed by atoms with E-state index in [-0.39, 0.29) is 6.10 Å². The van der Waals surface area contributed by atoms with Crippen LogP contribution in [0.5, 0.6) is 0 Å². The van der Waals surface area contributed by atoms with Gasteiger partial charge in [0.2, 0.25) is 0 Å². The molecule has 0 aliphatic heterocycles. The van der Waals surface area contributed by atoms with Crippen molar-refractivity contribution in [3.05, 3.63) is 0 Å². The van der Waals surface area contributed by atoms with Crippen LogP contribution in [0.1, 0.15) is 13.3 Å². The third kappa shape index (κ3) is 6.57. The maximum atomic E-state index is 10.7. The topological polar surface area (TPSA) is 46.6 Å². The molecule has 74 valence electrons. The van der Waals surface area contributed by atoms with Gasteiger partial charge in [-0.25, -0.2) is 0 Å². The summed E-state index contributed by atoms with van der Waals surface area (Å²) >= 11 is 0. The van der Waals surface area contributed by atoms with Crippen LogP contribution >= 0.6 is 0 Å². The summed E-state index contributed by atoms with van der Waals surface area (Å²) in [7, 11) is 0.459. The minimum atomic E-state index is -3.31. The largest absolute Gasteiger partial charge is 0.307 e. The fraction of sp³-hybridized carbons (Fsp3) is 1.00. The SMILES string of the molecule is CC[C@H](CN(C)C)OS(C)(=O)=O. The van der Waals surface area contributed by atoms with E-state index in [0.717, 1.165) is 6.26 Å². The highest BCUT2D eigenvalue weighted by molar-refractivity contribution is 7.86. The monoisotopic (exact) mass is 195 g/mol. The zero-order valence-electron chi connectivity index (χ0n) is 8.07. The highest BCUT2D eigenvalue weighted by Gasteiger charge is 2.13. The molecule has 1 atom stereocenters. The van der Waals surface area contributed by atoms with E-state index < -0.39 is 10.1 Å². The first-order valence-electron chi connectivity index (χ1n) is 3.88. The van der Waals surface area contributed by atoms with Crippen molar-refractivity contribution in [2.75, 3.05) is 26.9 Å². The summed E-state index contributed by atoms with van der Waals surface area (Å²) < 4.78 is 26.3. The van der Waals surface area contributed by atoms with Gasteiger partial charge >= 0.3 is 0 Å². The van der Waals surface area contributed by atoms with Crippen LogP contribution in [-0.4, -0.2) is 46.3 Å². The fourth-order valence-corrected chi connectivity index (χ4v) is 1.57. The molecule has 0 amide bonds. The molecule has 0 spiro atoms. The lowest BCUT2D eigenvalue weighted by Crippen LogP contribution is -2.29. The van der Waals surface area contributed by atoms with Gasteiger partial charge < -0.3 is 4.90 Å². The second-order valence-corrected chi connectivity index (χ2v) is 4.69. The van der Waals surface area contributed by atoms with Crippen LogP contribution < -0.4 is 0 Å². The molecule has 0 fully saturated rings. The Balaban J connectivity index is 4.01. The zero-order chi connectivity index (χ0) is 9.78. The molecule has 0 heterocycles. The normalized spacial score (nSPS) is 15.1. The zero-order valence-corrected chi connectivity index (χ0v) is 8.89. The quantitative estimate of drug-likeness (QED) is 0.592. The summed E-state index contributed by atoms with van der Waals surface area (Å²) in [4.78, 5) is 1.90. The van der Waals surface area contributed by atoms with E-state index in [1.807, 2.05) is 25.9 Å². The summed E-state index contributed by atoms with van der Waals surface area (Å²) in [6.07, 6.45) is 1.55. The van der Waals surface area contributed by atoms with Crippen molar-refractivity contribution in [2.24, 2.45) is 0 Å². The first kappa shape index (κ1) is 11.9. The molecular weight excluding hydrogens is 178 g/mol. The van der Waals surface area contributed by atoms with E-state index in [0.29, 0.717) is 13.0 Å². The number of likely N-dealkylation sites (N-methyl/N-ethyl adjacent to an activating group) is 1. The van der Waals surface area contributed by atoms with Crippen molar-refractivity contribution < 1.29 is 12.6 Å². The molecule has 0 saturated carbocycles. The Kier molecular flexibility index (Phi) is 4.74. The van der Waals surface area contributed by atoms with Crippen LogP contribution in [0.4, 0.5) is 0 Å². The lowest BCUT2D eigenvalue weighted by atomic mass is 10.3. The molecule has 0 aliphatic carbocycles. The Morgan fingerprint density at radius 3 is 2.17 bits per heavy atom. The fourth-order valence-electron chi connectivity index (χ4n) is 0.882. The minimum Gasteiger partial charge on any atom is -0.307 e. The smallest absolute Gasteiger partial charge is 0.264 e. The number of hydrogen-bond acceptors (Lipinski definition) is 4. The third-order valence-electron chi connectivity index (χ3n) is 1.34. The second-order valence-electron chi connectivity index (χ2n) is 3.09. The molecule has 0 radical (unpaired) electrons. The van der Waals surface area contributed by atoms with Crippen LogP contribution in [0.25, 0.3) is 0 Å². The first-order valence-corrected chi connectivity index (χ1v) is 5.69. The highest BCUT2D eigenvalue weighted by atomic mass is 32.2. The summed E-state index contributed by atoms with van der Waals surface area (Å²) in [6, 6.07) is 0. The standard InChI is InChI=1S/C7H17NO3S/c1-5-7(6-8(2)3)11-12(4,9)10/h7H,5-6H2,1-4H3/t7-/m1/s1. The predicted molar refractivity (Wildman–Crippen MR) is 48.6 cm³/mol. The maximum absolute atomic E-state index is 10.7. The molecule has 0 aromatic heterocycles. The Morgan fingerprint density at radius 2 is 1.92 bits per heavy atom. The number of rotatable bonds is 5. The molecule has 0 unspecified atom stereocenters. The molecule has 0 N–H and O–H groups in total. The van der Waals surface area contributed by atoms with Crippen LogP contribution in [0.3, 0.4) is 0 Å². The van der Waals surface area contributed by atoms with Crippen molar-refractivity contribution in [2.45, 2.75) is 19.4 Å². The van der Waals surface area contributed by atoms with Gasteiger partial charge in [-0.2, -0.15) is 8.42 Å². The Hall–Kier alpha value is -0.130. The second kappa shape index (κ2) is 4.79. The minimum absolute atomic E-state index is 0.227. The lowest BCUT2D eigenvalue weighted by molar-refractivity contribution is 0.164. The lowest BCUT2D eigenvalue weighted by Gasteiger charge is -2.18. The van der Waals surface area contributed by atoms with Crippen LogP contribution in [0, 0.1) is 0 Å². The molecule has 12 heavy (non-hydrogen) atoms. The molecule has 0 bridgehead atoms. The number of nitrogens with zero attached hydrogens (tertiary/aromatic N) is 1. The Bertz CT molecular complexity index is 211. The van der Waals surface area contributed by atoms with Gasteiger partial charge in [-0.15, -0.1) is 0 Å². The summed E-state index contributed by atoms with van der Waals surface area (Å²) in [6.45, 7) is 2.53. The molecule has 0 aromatic carbocycles. The van der Waals surface area contributed by atoms with Gasteiger partial charge in [0, 0.05) is 6.54 Å². The van der Waals surface area contributed by atoms with Gasteiger partial charge in [-0.1, -0.05) is 6.92 Å². The molecular formula is C7H17NO3S. The summed E-state index contributed by atoms with van der Waals surface area (Å²) in [5.74, 6) is 0. The molecule has 4 nitrogen and oxygen atoms in total. The van der Waals surface area contributed by atoms with Gasteiger partial charge in [-0.3, -0.25) is 4.18 Å². The van der Waals surface area contributed by atoms with Crippen molar-refractivity contribution in [1.29, 1.82) is 0 Å². The van der Waals surface area contributed by atoms with Gasteiger partial charge in [-0.05, 0) is 20.5 Å². The number of hydrogen-bond donors (Lipinski definition) is 0. The average molecular weight is 195 g/mol. The van der Waals surface area contributed by atoms with Crippen LogP contribution in [0.15, 0.2) is 0 Å². The van der Waals surface area contributed by atoms with Gasteiger partial charge in [0.15, 0.2) is 0 Å². The van der Waals surface area contributed by atoms with Gasteiger partial charge in [0.1, 0.15) is 0 Å². The average Bonchev–Trinajstić information content (AvgIpc) is 1.82. The van der Waals surface area contributed by atoms with E-state index in [4.69, 9.17) is 4.18 Å². The van der Waals surface area contributed by atoms with Gasteiger partial charge in [0.05, 0.1) is 12.4 Å². The third-order valence-corrected chi connectivity index (χ3v) is 1.96. The van der Waals surface area contributed by atoms with Crippen molar-refractivity contribution in [1.82, 2.24) is 4.90 Å². The highest BCUT2D eigenvalue weighted by Crippen LogP contribution is 2.02. The van der Waals surface area contributed by atoms with E-state index in [1.54, 1.807) is 0 Å². The van der Waals surface area contributed by atoms with Gasteiger partial charge in [0.25, 0.3) is 10.1 Å². The Morgan fingerprint density at radius 1 is 1.42 bits per heavy atom. The maximum Gasteiger partial charge on any atom is 0.264 e. The van der Waals surface area contributed by atoms with E-state index >= 15 is 0 Å². The van der Waals surface area contributed by atoms with E-state index in [1.165, 1.54) is 0 Å². The van der Waals surface area contributed by atoms with Crippen molar-refractivity contribution in [3.8, 4) is 0 Å². The van der Waals surface area contributed by atoms with Crippen molar-refractivity contribution >= 4 is 10.1 Å². The molecule has 5 heteroatoms. The summed E-state index contributed by atoms with van der Waals surface area (Å²) in [5, 5.41) is 0. The summed E-state index contributed by atoms with van der Waals surface area (Å²) in [5.41, 5.74) is 0. The molecule has 0 aliphatic rings.